The highest BCUT2D eigenvalue weighted by Gasteiger charge is 2.18. The molecule has 0 spiro atoms. The van der Waals surface area contributed by atoms with Gasteiger partial charge in [-0.2, -0.15) is 0 Å². The summed E-state index contributed by atoms with van der Waals surface area (Å²) in [5, 5.41) is 3.92. The molecule has 1 saturated heterocycles. The van der Waals surface area contributed by atoms with Gasteiger partial charge in [-0.05, 0) is 0 Å². The molecule has 1 N–H and O–H groups in total. The molecule has 2 heterocycles. The van der Waals surface area contributed by atoms with Crippen LogP contribution in [0.25, 0.3) is 0 Å². The van der Waals surface area contributed by atoms with Gasteiger partial charge >= 0.3 is 0 Å². The summed E-state index contributed by atoms with van der Waals surface area (Å²) in [5.74, 6) is 0. The summed E-state index contributed by atoms with van der Waals surface area (Å²) in [6.45, 7) is 1.85. The number of rotatable bonds is 2. The minimum Gasteiger partial charge on any atom is -0.477 e. The summed E-state index contributed by atoms with van der Waals surface area (Å²) in [6.07, 6.45) is 1.97. The molecule has 11 heavy (non-hydrogen) atoms. The van der Waals surface area contributed by atoms with Crippen LogP contribution in [0, 0.1) is 0 Å². The van der Waals surface area contributed by atoms with Crippen LogP contribution in [-0.4, -0.2) is 24.2 Å². The maximum absolute atomic E-state index is 5.62. The Morgan fingerprint density at radius 3 is 3.00 bits per heavy atom. The Kier molecular flexibility index (Phi) is 1.98. The van der Waals surface area contributed by atoms with Crippen LogP contribution in [0.1, 0.15) is 0 Å². The van der Waals surface area contributed by atoms with Gasteiger partial charge in [0.05, 0.1) is 6.20 Å². The first kappa shape index (κ1) is 7.34. The Bertz CT molecular complexity index is 248. The van der Waals surface area contributed by atoms with Crippen LogP contribution in [0.5, 0.6) is 5.06 Å². The lowest BCUT2D eigenvalue weighted by Gasteiger charge is -2.26. The van der Waals surface area contributed by atoms with Gasteiger partial charge in [0.25, 0.3) is 0 Å². The minimum absolute atomic E-state index is 0.312. The van der Waals surface area contributed by atoms with Crippen LogP contribution in [0.2, 0.25) is 4.47 Å². The average molecular weight is 191 g/mol. The van der Waals surface area contributed by atoms with Gasteiger partial charge in [-0.25, -0.2) is 4.98 Å². The quantitative estimate of drug-likeness (QED) is 0.760. The summed E-state index contributed by atoms with van der Waals surface area (Å²) in [5.41, 5.74) is 0. The Balaban J connectivity index is 1.95. The zero-order valence-electron chi connectivity index (χ0n) is 5.71. The maximum atomic E-state index is 5.62. The van der Waals surface area contributed by atoms with Crippen LogP contribution in [0.4, 0.5) is 0 Å². The fourth-order valence-electron chi connectivity index (χ4n) is 0.803. The summed E-state index contributed by atoms with van der Waals surface area (Å²) in [4.78, 5) is 3.87. The standard InChI is InChI=1S/C6H7ClN2OS/c7-6-9-3-5(11-6)10-4-1-8-2-4/h3-4,8H,1-2H2. The summed E-state index contributed by atoms with van der Waals surface area (Å²) in [7, 11) is 0. The van der Waals surface area contributed by atoms with E-state index in [-0.39, 0.29) is 0 Å². The lowest BCUT2D eigenvalue weighted by atomic mass is 10.2. The van der Waals surface area contributed by atoms with Crippen molar-refractivity contribution in [2.75, 3.05) is 13.1 Å². The van der Waals surface area contributed by atoms with Crippen molar-refractivity contribution in [3.05, 3.63) is 10.7 Å². The van der Waals surface area contributed by atoms with Crippen molar-refractivity contribution in [3.8, 4) is 5.06 Å². The van der Waals surface area contributed by atoms with E-state index in [0.717, 1.165) is 18.2 Å². The summed E-state index contributed by atoms with van der Waals surface area (Å²) >= 11 is 6.99. The first-order valence-electron chi connectivity index (χ1n) is 3.33. The molecule has 0 bridgehead atoms. The normalized spacial score (nSPS) is 17.9. The van der Waals surface area contributed by atoms with E-state index in [4.69, 9.17) is 16.3 Å². The molecule has 0 amide bonds. The zero-order chi connectivity index (χ0) is 7.68. The molecule has 1 aliphatic heterocycles. The van der Waals surface area contributed by atoms with E-state index in [0.29, 0.717) is 10.6 Å². The van der Waals surface area contributed by atoms with Crippen LogP contribution in [-0.2, 0) is 0 Å². The Morgan fingerprint density at radius 2 is 2.55 bits per heavy atom. The van der Waals surface area contributed by atoms with Crippen molar-refractivity contribution in [1.29, 1.82) is 0 Å². The highest BCUT2D eigenvalue weighted by atomic mass is 35.5. The minimum atomic E-state index is 0.312. The molecule has 1 fully saturated rings. The third-order valence-electron chi connectivity index (χ3n) is 1.48. The van der Waals surface area contributed by atoms with E-state index in [1.54, 1.807) is 6.20 Å². The molecule has 1 aliphatic rings. The summed E-state index contributed by atoms with van der Waals surface area (Å²) in [6, 6.07) is 0. The second-order valence-electron chi connectivity index (χ2n) is 2.33. The van der Waals surface area contributed by atoms with E-state index < -0.39 is 0 Å². The highest BCUT2D eigenvalue weighted by molar-refractivity contribution is 7.17. The van der Waals surface area contributed by atoms with Crippen molar-refractivity contribution < 1.29 is 4.74 Å². The number of halogens is 1. The van der Waals surface area contributed by atoms with E-state index >= 15 is 0 Å². The van der Waals surface area contributed by atoms with Gasteiger partial charge in [-0.1, -0.05) is 22.9 Å². The molecule has 1 aromatic heterocycles. The molecular formula is C6H7ClN2OS. The van der Waals surface area contributed by atoms with Crippen molar-refractivity contribution >= 4 is 22.9 Å². The van der Waals surface area contributed by atoms with Crippen LogP contribution in [0.15, 0.2) is 6.20 Å². The number of thiazole rings is 1. The van der Waals surface area contributed by atoms with Gasteiger partial charge in [-0.3, -0.25) is 0 Å². The maximum Gasteiger partial charge on any atom is 0.195 e. The first-order valence-corrected chi connectivity index (χ1v) is 4.53. The second-order valence-corrected chi connectivity index (χ2v) is 3.91. The molecule has 0 atom stereocenters. The molecule has 2 rings (SSSR count). The molecule has 5 heteroatoms. The second kappa shape index (κ2) is 2.97. The first-order chi connectivity index (χ1) is 5.34. The van der Waals surface area contributed by atoms with E-state index in [1.165, 1.54) is 11.3 Å². The third-order valence-corrected chi connectivity index (χ3v) is 2.49. The smallest absolute Gasteiger partial charge is 0.195 e. The number of nitrogens with one attached hydrogen (secondary N) is 1. The van der Waals surface area contributed by atoms with Crippen LogP contribution < -0.4 is 10.1 Å². The number of nitrogens with zero attached hydrogens (tertiary/aromatic N) is 1. The van der Waals surface area contributed by atoms with Crippen molar-refractivity contribution in [1.82, 2.24) is 10.3 Å². The molecule has 0 radical (unpaired) electrons. The molecule has 60 valence electrons. The van der Waals surface area contributed by atoms with Gasteiger partial charge < -0.3 is 10.1 Å². The fourth-order valence-corrected chi connectivity index (χ4v) is 1.64. The molecular weight excluding hydrogens is 184 g/mol. The van der Waals surface area contributed by atoms with E-state index in [2.05, 4.69) is 10.3 Å². The van der Waals surface area contributed by atoms with E-state index in [9.17, 15) is 0 Å². The molecule has 0 unspecified atom stereocenters. The predicted octanol–water partition coefficient (Wildman–Crippen LogP) is 1.15. The van der Waals surface area contributed by atoms with Crippen molar-refractivity contribution in [2.24, 2.45) is 0 Å². The average Bonchev–Trinajstić information content (AvgIpc) is 2.27. The van der Waals surface area contributed by atoms with Crippen molar-refractivity contribution in [2.45, 2.75) is 6.10 Å². The van der Waals surface area contributed by atoms with Crippen molar-refractivity contribution in [3.63, 3.8) is 0 Å². The molecule has 1 aromatic rings. The lowest BCUT2D eigenvalue weighted by Crippen LogP contribution is -2.50. The van der Waals surface area contributed by atoms with Gasteiger partial charge in [-0.15, -0.1) is 0 Å². The van der Waals surface area contributed by atoms with Gasteiger partial charge in [0, 0.05) is 13.1 Å². The van der Waals surface area contributed by atoms with Gasteiger partial charge in [0.15, 0.2) is 9.53 Å². The monoisotopic (exact) mass is 190 g/mol. The fraction of sp³-hybridized carbons (Fsp3) is 0.500. The molecule has 0 saturated carbocycles. The lowest BCUT2D eigenvalue weighted by molar-refractivity contribution is 0.147. The Morgan fingerprint density at radius 1 is 1.73 bits per heavy atom. The largest absolute Gasteiger partial charge is 0.477 e. The van der Waals surface area contributed by atoms with Gasteiger partial charge in [0.2, 0.25) is 0 Å². The third kappa shape index (κ3) is 1.64. The topological polar surface area (TPSA) is 34.1 Å². The summed E-state index contributed by atoms with van der Waals surface area (Å²) < 4.78 is 6.01. The number of aromatic nitrogens is 1. The SMILES string of the molecule is Clc1ncc(OC2CNC2)s1. The van der Waals surface area contributed by atoms with Crippen LogP contribution in [0.3, 0.4) is 0 Å². The number of ether oxygens (including phenoxy) is 1. The molecule has 3 nitrogen and oxygen atoms in total. The molecule has 0 aliphatic carbocycles. The number of hydrogen-bond donors (Lipinski definition) is 1. The van der Waals surface area contributed by atoms with Crippen LogP contribution >= 0.6 is 22.9 Å². The highest BCUT2D eigenvalue weighted by Crippen LogP contribution is 2.26. The van der Waals surface area contributed by atoms with E-state index in [1.807, 2.05) is 0 Å². The predicted molar refractivity (Wildman–Crippen MR) is 44.4 cm³/mol. The Labute approximate surface area is 73.3 Å². The zero-order valence-corrected chi connectivity index (χ0v) is 7.28. The number of hydrogen-bond acceptors (Lipinski definition) is 4. The molecule has 0 aromatic carbocycles. The van der Waals surface area contributed by atoms with Gasteiger partial charge in [0.1, 0.15) is 6.10 Å². The Hall–Kier alpha value is -0.320.